The summed E-state index contributed by atoms with van der Waals surface area (Å²) in [6.45, 7) is 14.1. The lowest BCUT2D eigenvalue weighted by molar-refractivity contribution is 0.00256. The molecule has 19 heavy (non-hydrogen) atoms. The first-order valence-corrected chi connectivity index (χ1v) is 8.16. The Bertz CT molecular complexity index is 405. The number of nitrogens with zero attached hydrogens (tertiary/aromatic N) is 4. The van der Waals surface area contributed by atoms with Crippen LogP contribution < -0.4 is 0 Å². The highest BCUT2D eigenvalue weighted by Gasteiger charge is 2.33. The van der Waals surface area contributed by atoms with Crippen LogP contribution in [0.15, 0.2) is 6.20 Å². The van der Waals surface area contributed by atoms with Crippen molar-refractivity contribution in [1.82, 2.24) is 19.7 Å². The number of piperazine rings is 1. The van der Waals surface area contributed by atoms with Crippen molar-refractivity contribution in [2.45, 2.75) is 26.4 Å². The molecule has 0 saturated carbocycles. The number of hydrogen-bond acceptors (Lipinski definition) is 5. The first-order valence-electron chi connectivity index (χ1n) is 7.34. The van der Waals surface area contributed by atoms with Crippen molar-refractivity contribution in [2.75, 3.05) is 45.8 Å². The second kappa shape index (κ2) is 5.87. The summed E-state index contributed by atoms with van der Waals surface area (Å²) in [4.78, 5) is 13.5. The molecule has 0 N–H and O–H groups in total. The first-order chi connectivity index (χ1) is 9.24. The highest BCUT2D eigenvalue weighted by Crippen LogP contribution is 2.21. The molecule has 2 saturated heterocycles. The fourth-order valence-corrected chi connectivity index (χ4v) is 3.88. The Morgan fingerprint density at radius 1 is 1.21 bits per heavy atom. The number of likely N-dealkylation sites (tertiary alicyclic amines) is 1. The van der Waals surface area contributed by atoms with E-state index in [9.17, 15) is 0 Å². The second-order valence-electron chi connectivity index (χ2n) is 5.66. The van der Waals surface area contributed by atoms with E-state index >= 15 is 0 Å². The predicted molar refractivity (Wildman–Crippen MR) is 79.6 cm³/mol. The molecule has 0 bridgehead atoms. The summed E-state index contributed by atoms with van der Waals surface area (Å²) in [5, 5.41) is 1.18. The Hall–Kier alpha value is -0.490. The molecule has 106 valence electrons. The largest absolute Gasteiger partial charge is 0.301 e. The molecule has 2 aliphatic heterocycles. The Balaban J connectivity index is 1.41. The van der Waals surface area contributed by atoms with Crippen molar-refractivity contribution < 1.29 is 0 Å². The third kappa shape index (κ3) is 3.16. The highest BCUT2D eigenvalue weighted by molar-refractivity contribution is 7.11. The average Bonchev–Trinajstić information content (AvgIpc) is 2.79. The van der Waals surface area contributed by atoms with Gasteiger partial charge in [0.15, 0.2) is 0 Å². The Kier molecular flexibility index (Phi) is 4.17. The van der Waals surface area contributed by atoms with E-state index in [0.29, 0.717) is 0 Å². The van der Waals surface area contributed by atoms with Crippen molar-refractivity contribution in [3.63, 3.8) is 0 Å². The zero-order valence-electron chi connectivity index (χ0n) is 12.0. The molecule has 0 aliphatic carbocycles. The van der Waals surface area contributed by atoms with Gasteiger partial charge in [0.05, 0.1) is 5.01 Å². The summed E-state index contributed by atoms with van der Waals surface area (Å²) in [6.07, 6.45) is 2.04. The van der Waals surface area contributed by atoms with Crippen LogP contribution in [-0.4, -0.2) is 71.5 Å². The van der Waals surface area contributed by atoms with E-state index < -0.39 is 0 Å². The van der Waals surface area contributed by atoms with Crippen LogP contribution in [0.2, 0.25) is 0 Å². The molecule has 3 rings (SSSR count). The molecular weight excluding hydrogens is 256 g/mol. The van der Waals surface area contributed by atoms with E-state index in [1.54, 1.807) is 0 Å². The summed E-state index contributed by atoms with van der Waals surface area (Å²) in [6, 6.07) is 0.799. The number of aryl methyl sites for hydroxylation is 1. The lowest BCUT2D eigenvalue weighted by Gasteiger charge is -2.48. The third-order valence-electron chi connectivity index (χ3n) is 4.36. The van der Waals surface area contributed by atoms with Gasteiger partial charge < -0.3 is 4.90 Å². The molecule has 2 fully saturated rings. The minimum Gasteiger partial charge on any atom is -0.301 e. The van der Waals surface area contributed by atoms with Gasteiger partial charge in [-0.2, -0.15) is 0 Å². The Morgan fingerprint density at radius 2 is 1.95 bits per heavy atom. The lowest BCUT2D eigenvalue weighted by atomic mass is 10.1. The van der Waals surface area contributed by atoms with Crippen LogP contribution in [0, 0.1) is 6.92 Å². The monoisotopic (exact) mass is 280 g/mol. The molecule has 4 nitrogen and oxygen atoms in total. The van der Waals surface area contributed by atoms with Crippen LogP contribution in [0.3, 0.4) is 0 Å². The SMILES string of the molecule is CCN1CCN(C2CN(Cc3cnc(C)s3)C2)CC1. The molecule has 0 aromatic carbocycles. The zero-order chi connectivity index (χ0) is 13.2. The fraction of sp³-hybridized carbons (Fsp3) is 0.786. The number of rotatable bonds is 4. The van der Waals surface area contributed by atoms with Gasteiger partial charge in [0.25, 0.3) is 0 Å². The van der Waals surface area contributed by atoms with E-state index in [2.05, 4.69) is 33.5 Å². The van der Waals surface area contributed by atoms with Gasteiger partial charge in [0, 0.05) is 62.9 Å². The topological polar surface area (TPSA) is 22.6 Å². The second-order valence-corrected chi connectivity index (χ2v) is 6.98. The smallest absolute Gasteiger partial charge is 0.0897 e. The van der Waals surface area contributed by atoms with E-state index in [4.69, 9.17) is 0 Å². The summed E-state index contributed by atoms with van der Waals surface area (Å²) in [5.74, 6) is 0. The molecule has 5 heteroatoms. The molecule has 1 aromatic heterocycles. The minimum absolute atomic E-state index is 0.799. The van der Waals surface area contributed by atoms with Gasteiger partial charge in [0.2, 0.25) is 0 Å². The lowest BCUT2D eigenvalue weighted by Crippen LogP contribution is -2.62. The van der Waals surface area contributed by atoms with E-state index in [1.807, 2.05) is 17.5 Å². The molecule has 0 radical (unpaired) electrons. The summed E-state index contributed by atoms with van der Waals surface area (Å²) < 4.78 is 0. The van der Waals surface area contributed by atoms with Crippen LogP contribution in [-0.2, 0) is 6.54 Å². The van der Waals surface area contributed by atoms with Crippen LogP contribution >= 0.6 is 11.3 Å². The number of likely N-dealkylation sites (N-methyl/N-ethyl adjacent to an activating group) is 1. The van der Waals surface area contributed by atoms with E-state index in [-0.39, 0.29) is 0 Å². The molecule has 0 unspecified atom stereocenters. The maximum absolute atomic E-state index is 4.33. The molecule has 0 atom stereocenters. The zero-order valence-corrected chi connectivity index (χ0v) is 12.8. The van der Waals surface area contributed by atoms with Crippen LogP contribution in [0.25, 0.3) is 0 Å². The predicted octanol–water partition coefficient (Wildman–Crippen LogP) is 1.27. The van der Waals surface area contributed by atoms with Crippen molar-refractivity contribution in [1.29, 1.82) is 0 Å². The first kappa shape index (κ1) is 13.5. The number of aromatic nitrogens is 1. The summed E-state index contributed by atoms with van der Waals surface area (Å²) >= 11 is 1.83. The third-order valence-corrected chi connectivity index (χ3v) is 5.25. The van der Waals surface area contributed by atoms with Crippen molar-refractivity contribution in [3.8, 4) is 0 Å². The fourth-order valence-electron chi connectivity index (χ4n) is 3.05. The molecule has 0 spiro atoms. The van der Waals surface area contributed by atoms with Gasteiger partial charge in [0.1, 0.15) is 0 Å². The van der Waals surface area contributed by atoms with E-state index in [1.165, 1.54) is 55.7 Å². The molecule has 1 aromatic rings. The van der Waals surface area contributed by atoms with Gasteiger partial charge in [-0.25, -0.2) is 4.98 Å². The maximum atomic E-state index is 4.33. The molecule has 3 heterocycles. The maximum Gasteiger partial charge on any atom is 0.0897 e. The molecular formula is C14H24N4S. The van der Waals surface area contributed by atoms with Crippen molar-refractivity contribution in [3.05, 3.63) is 16.1 Å². The van der Waals surface area contributed by atoms with Gasteiger partial charge in [-0.15, -0.1) is 11.3 Å². The van der Waals surface area contributed by atoms with Gasteiger partial charge in [-0.3, -0.25) is 9.80 Å². The molecule has 0 amide bonds. The standard InChI is InChI=1S/C14H24N4S/c1-3-16-4-6-18(7-5-16)13-9-17(10-13)11-14-8-15-12(2)19-14/h8,13H,3-7,9-11H2,1-2H3. The number of hydrogen-bond donors (Lipinski definition) is 0. The summed E-state index contributed by atoms with van der Waals surface area (Å²) in [5.41, 5.74) is 0. The van der Waals surface area contributed by atoms with Crippen LogP contribution in [0.4, 0.5) is 0 Å². The molecule has 2 aliphatic rings. The van der Waals surface area contributed by atoms with E-state index in [0.717, 1.165) is 12.6 Å². The Morgan fingerprint density at radius 3 is 2.53 bits per heavy atom. The van der Waals surface area contributed by atoms with Crippen molar-refractivity contribution >= 4 is 11.3 Å². The van der Waals surface area contributed by atoms with Gasteiger partial charge >= 0.3 is 0 Å². The van der Waals surface area contributed by atoms with Gasteiger partial charge in [-0.1, -0.05) is 6.92 Å². The minimum atomic E-state index is 0.799. The average molecular weight is 280 g/mol. The van der Waals surface area contributed by atoms with Gasteiger partial charge in [-0.05, 0) is 13.5 Å². The van der Waals surface area contributed by atoms with Crippen LogP contribution in [0.1, 0.15) is 16.8 Å². The number of thiazole rings is 1. The quantitative estimate of drug-likeness (QED) is 0.828. The normalized spacial score (nSPS) is 23.7. The summed E-state index contributed by atoms with van der Waals surface area (Å²) in [7, 11) is 0. The van der Waals surface area contributed by atoms with Crippen LogP contribution in [0.5, 0.6) is 0 Å². The highest BCUT2D eigenvalue weighted by atomic mass is 32.1. The van der Waals surface area contributed by atoms with Crippen molar-refractivity contribution in [2.24, 2.45) is 0 Å². The Labute approximate surface area is 120 Å².